The van der Waals surface area contributed by atoms with Crippen LogP contribution in [-0.4, -0.2) is 51.3 Å². The van der Waals surface area contributed by atoms with Gasteiger partial charge in [-0.3, -0.25) is 14.4 Å². The van der Waals surface area contributed by atoms with Crippen molar-refractivity contribution in [3.8, 4) is 5.19 Å². The summed E-state index contributed by atoms with van der Waals surface area (Å²) in [7, 11) is 0. The molecule has 0 radical (unpaired) electrons. The number of aliphatic carboxylic acids is 1. The average Bonchev–Trinajstić information content (AvgIpc) is 3.28. The Morgan fingerprint density at radius 2 is 1.91 bits per heavy atom. The van der Waals surface area contributed by atoms with Gasteiger partial charge in [0.2, 0.25) is 5.91 Å². The molecular formula is C33H34F2N2O5S. The van der Waals surface area contributed by atoms with Crippen molar-refractivity contribution in [1.29, 1.82) is 0 Å². The molecule has 0 spiro atoms. The standard InChI is InChI=1S/C33H34F2N2O5S/c34-23-13-20(14-24(35)15-23)12-21-8-4-2-1-3-5-9-22-17-33(22,31(40)41)18-28(38)27-16-25(19-37(27)30(21)39)42-32-36-26-10-6-7-11-29(26)43-32/h5-7,9-11,13-15,21-22,25,27H,1-4,8,12,16-19H2,(H,40,41)/b9-5-/t21-,22-,25-,27+,33-/m1/s1. The number of hydrogen-bond donors (Lipinski definition) is 1. The number of para-hydroxylation sites is 1. The normalized spacial score (nSPS) is 28.9. The van der Waals surface area contributed by atoms with Gasteiger partial charge in [-0.15, -0.1) is 0 Å². The fourth-order valence-corrected chi connectivity index (χ4v) is 7.55. The van der Waals surface area contributed by atoms with Gasteiger partial charge in [0, 0.05) is 24.8 Å². The Balaban J connectivity index is 1.30. The van der Waals surface area contributed by atoms with E-state index in [4.69, 9.17) is 4.74 Å². The predicted molar refractivity (Wildman–Crippen MR) is 158 cm³/mol. The highest BCUT2D eigenvalue weighted by Crippen LogP contribution is 2.57. The highest BCUT2D eigenvalue weighted by atomic mass is 32.1. The van der Waals surface area contributed by atoms with Crippen molar-refractivity contribution < 1.29 is 33.0 Å². The number of aromatic nitrogens is 1. The van der Waals surface area contributed by atoms with Crippen LogP contribution in [0.5, 0.6) is 5.19 Å². The van der Waals surface area contributed by atoms with Crippen LogP contribution in [0.2, 0.25) is 0 Å². The van der Waals surface area contributed by atoms with E-state index in [-0.39, 0.29) is 43.4 Å². The van der Waals surface area contributed by atoms with Gasteiger partial charge in [-0.25, -0.2) is 13.8 Å². The summed E-state index contributed by atoms with van der Waals surface area (Å²) in [6.45, 7) is 0.141. The van der Waals surface area contributed by atoms with Crippen LogP contribution in [0.4, 0.5) is 8.78 Å². The Morgan fingerprint density at radius 3 is 2.67 bits per heavy atom. The van der Waals surface area contributed by atoms with Crippen LogP contribution in [0.25, 0.3) is 10.2 Å². The Kier molecular flexibility index (Phi) is 8.31. The molecule has 1 N–H and O–H groups in total. The molecule has 3 heterocycles. The van der Waals surface area contributed by atoms with Gasteiger partial charge in [0.25, 0.3) is 5.19 Å². The summed E-state index contributed by atoms with van der Waals surface area (Å²) < 4.78 is 35.3. The lowest BCUT2D eigenvalue weighted by atomic mass is 9.90. The van der Waals surface area contributed by atoms with Gasteiger partial charge < -0.3 is 14.7 Å². The van der Waals surface area contributed by atoms with E-state index in [0.717, 1.165) is 42.0 Å². The molecule has 7 nitrogen and oxygen atoms in total. The van der Waals surface area contributed by atoms with Gasteiger partial charge in [-0.05, 0) is 67.9 Å². The van der Waals surface area contributed by atoms with Crippen molar-refractivity contribution >= 4 is 39.2 Å². The second kappa shape index (κ2) is 12.1. The maximum absolute atomic E-state index is 14.2. The number of nitrogens with zero attached hydrogens (tertiary/aromatic N) is 2. The Morgan fingerprint density at radius 1 is 1.12 bits per heavy atom. The third-order valence-electron chi connectivity index (χ3n) is 9.05. The van der Waals surface area contributed by atoms with Crippen molar-refractivity contribution in [2.45, 2.75) is 69.9 Å². The topological polar surface area (TPSA) is 96.8 Å². The molecule has 43 heavy (non-hydrogen) atoms. The number of hydrogen-bond acceptors (Lipinski definition) is 6. The molecule has 0 bridgehead atoms. The van der Waals surface area contributed by atoms with Gasteiger partial charge in [0.05, 0.1) is 28.2 Å². The number of carbonyl (C=O) groups is 3. The van der Waals surface area contributed by atoms with Crippen molar-refractivity contribution in [3.05, 3.63) is 71.8 Å². The largest absolute Gasteiger partial charge is 0.481 e. The molecule has 2 aliphatic heterocycles. The number of amides is 1. The molecule has 2 aromatic carbocycles. The number of Topliss-reactive ketones (excluding diaryl/α,β-unsaturated/α-hetero) is 1. The van der Waals surface area contributed by atoms with Gasteiger partial charge in [0.15, 0.2) is 5.78 Å². The monoisotopic (exact) mass is 608 g/mol. The molecule has 1 saturated carbocycles. The third-order valence-corrected chi connectivity index (χ3v) is 9.98. The zero-order valence-electron chi connectivity index (χ0n) is 23.7. The minimum Gasteiger partial charge on any atom is -0.481 e. The van der Waals surface area contributed by atoms with Crippen LogP contribution >= 0.6 is 11.3 Å². The summed E-state index contributed by atoms with van der Waals surface area (Å²) in [5, 5.41) is 10.5. The van der Waals surface area contributed by atoms with Gasteiger partial charge in [0.1, 0.15) is 17.7 Å². The maximum Gasteiger partial charge on any atom is 0.310 e. The molecule has 2 fully saturated rings. The SMILES string of the molecule is O=C1C[C@]2(C(=O)O)C[C@H]2/C=C\CCCCC[C@H](Cc2cc(F)cc(F)c2)C(=O)N2C[C@H](Oc3nc4ccccc4s3)C[C@@H]12. The molecule has 226 valence electrons. The molecule has 1 aromatic heterocycles. The number of thiazole rings is 1. The molecule has 1 amide bonds. The number of ketones is 1. The summed E-state index contributed by atoms with van der Waals surface area (Å²) in [6.07, 6.45) is 7.76. The molecule has 1 aliphatic carbocycles. The molecular weight excluding hydrogens is 574 g/mol. The van der Waals surface area contributed by atoms with Crippen molar-refractivity contribution in [2.75, 3.05) is 6.54 Å². The number of benzene rings is 2. The predicted octanol–water partition coefficient (Wildman–Crippen LogP) is 6.35. The zero-order chi connectivity index (χ0) is 30.1. The van der Waals surface area contributed by atoms with E-state index in [0.29, 0.717) is 23.6 Å². The van der Waals surface area contributed by atoms with E-state index in [1.807, 2.05) is 36.4 Å². The van der Waals surface area contributed by atoms with Crippen LogP contribution in [0.1, 0.15) is 56.9 Å². The molecule has 1 saturated heterocycles. The minimum absolute atomic E-state index is 0.134. The second-order valence-corrected chi connectivity index (χ2v) is 13.1. The minimum atomic E-state index is -1.16. The van der Waals surface area contributed by atoms with Crippen molar-refractivity contribution in [3.63, 3.8) is 0 Å². The number of fused-ring (bicyclic) bond motifs is 3. The highest BCUT2D eigenvalue weighted by molar-refractivity contribution is 7.20. The number of carboxylic acids is 1. The first kappa shape index (κ1) is 29.4. The number of carbonyl (C=O) groups excluding carboxylic acids is 2. The molecule has 10 heteroatoms. The number of carboxylic acid groups (broad SMARTS) is 1. The second-order valence-electron chi connectivity index (χ2n) is 12.1. The summed E-state index contributed by atoms with van der Waals surface area (Å²) in [5.74, 6) is -3.79. The number of ether oxygens (including phenoxy) is 1. The van der Waals surface area contributed by atoms with E-state index in [1.165, 1.54) is 28.4 Å². The van der Waals surface area contributed by atoms with Gasteiger partial charge in [-0.2, -0.15) is 0 Å². The molecule has 0 unspecified atom stereocenters. The Labute approximate surface area is 252 Å². The van der Waals surface area contributed by atoms with Crippen LogP contribution in [-0.2, 0) is 20.8 Å². The molecule has 6 rings (SSSR count). The van der Waals surface area contributed by atoms with E-state index in [9.17, 15) is 28.3 Å². The first-order valence-electron chi connectivity index (χ1n) is 14.9. The van der Waals surface area contributed by atoms with Crippen LogP contribution in [0.15, 0.2) is 54.6 Å². The molecule has 3 aromatic rings. The first-order valence-corrected chi connectivity index (χ1v) is 15.7. The summed E-state index contributed by atoms with van der Waals surface area (Å²) in [6, 6.07) is 10.1. The van der Waals surface area contributed by atoms with Crippen molar-refractivity contribution in [1.82, 2.24) is 9.88 Å². The van der Waals surface area contributed by atoms with E-state index >= 15 is 0 Å². The smallest absolute Gasteiger partial charge is 0.310 e. The molecule has 5 atom stereocenters. The van der Waals surface area contributed by atoms with E-state index in [2.05, 4.69) is 4.98 Å². The Hall–Kier alpha value is -3.66. The number of halogens is 2. The van der Waals surface area contributed by atoms with E-state index < -0.39 is 41.1 Å². The quantitative estimate of drug-likeness (QED) is 0.339. The lowest BCUT2D eigenvalue weighted by Crippen LogP contribution is -2.45. The summed E-state index contributed by atoms with van der Waals surface area (Å²) >= 11 is 1.38. The summed E-state index contributed by atoms with van der Waals surface area (Å²) in [4.78, 5) is 46.5. The lowest BCUT2D eigenvalue weighted by molar-refractivity contribution is -0.147. The van der Waals surface area contributed by atoms with Crippen molar-refractivity contribution in [2.24, 2.45) is 17.3 Å². The highest BCUT2D eigenvalue weighted by Gasteiger charge is 2.61. The van der Waals surface area contributed by atoms with Crippen LogP contribution < -0.4 is 4.74 Å². The maximum atomic E-state index is 14.2. The third kappa shape index (κ3) is 6.34. The fourth-order valence-electron chi connectivity index (χ4n) is 6.67. The number of allylic oxidation sites excluding steroid dienone is 2. The first-order chi connectivity index (χ1) is 20.7. The van der Waals surface area contributed by atoms with Gasteiger partial charge >= 0.3 is 5.97 Å². The fraction of sp³-hybridized carbons (Fsp3) is 0.455. The van der Waals surface area contributed by atoms with Crippen LogP contribution in [0.3, 0.4) is 0 Å². The lowest BCUT2D eigenvalue weighted by Gasteiger charge is -2.29. The Bertz CT molecular complexity index is 1520. The summed E-state index contributed by atoms with van der Waals surface area (Å²) in [5.41, 5.74) is 0.0141. The number of rotatable bonds is 5. The average molecular weight is 609 g/mol. The van der Waals surface area contributed by atoms with E-state index in [1.54, 1.807) is 0 Å². The van der Waals surface area contributed by atoms with Gasteiger partial charge in [-0.1, -0.05) is 48.5 Å². The van der Waals surface area contributed by atoms with Crippen LogP contribution in [0, 0.1) is 28.9 Å². The molecule has 3 aliphatic rings. The zero-order valence-corrected chi connectivity index (χ0v) is 24.5.